The van der Waals surface area contributed by atoms with Crippen molar-refractivity contribution in [3.8, 4) is 5.75 Å². The summed E-state index contributed by atoms with van der Waals surface area (Å²) in [4.78, 5) is 23.3. The Morgan fingerprint density at radius 1 is 1.19 bits per heavy atom. The summed E-state index contributed by atoms with van der Waals surface area (Å²) in [6.45, 7) is 3.41. The molecule has 0 fully saturated rings. The molecule has 0 unspecified atom stereocenters. The van der Waals surface area contributed by atoms with Gasteiger partial charge in [0.1, 0.15) is 11.5 Å². The number of benzene rings is 1. The van der Waals surface area contributed by atoms with Crippen LogP contribution in [0.25, 0.3) is 0 Å². The summed E-state index contributed by atoms with van der Waals surface area (Å²) in [6, 6.07) is 8.88. The van der Waals surface area contributed by atoms with Crippen LogP contribution in [0.15, 0.2) is 41.0 Å². The van der Waals surface area contributed by atoms with Crippen LogP contribution in [0.2, 0.25) is 0 Å². The van der Waals surface area contributed by atoms with Crippen molar-refractivity contribution >= 4 is 11.8 Å². The normalized spacial score (nSPS) is 10.0. The van der Waals surface area contributed by atoms with Crippen molar-refractivity contribution in [2.45, 2.75) is 13.8 Å². The van der Waals surface area contributed by atoms with E-state index in [-0.39, 0.29) is 6.61 Å². The highest BCUT2D eigenvalue weighted by Crippen LogP contribution is 2.11. The van der Waals surface area contributed by atoms with Crippen LogP contribution >= 0.6 is 0 Å². The first kappa shape index (κ1) is 14.6. The van der Waals surface area contributed by atoms with E-state index in [0.717, 1.165) is 5.56 Å². The summed E-state index contributed by atoms with van der Waals surface area (Å²) < 4.78 is 10.3. The molecule has 1 heterocycles. The van der Waals surface area contributed by atoms with E-state index in [1.807, 2.05) is 25.1 Å². The zero-order valence-electron chi connectivity index (χ0n) is 11.8. The lowest BCUT2D eigenvalue weighted by molar-refractivity contribution is -0.123. The van der Waals surface area contributed by atoms with Gasteiger partial charge in [0.25, 0.3) is 11.8 Å². The number of carbonyl (C=O) groups excluding carboxylic acids is 2. The monoisotopic (exact) mass is 288 g/mol. The Morgan fingerprint density at radius 3 is 2.67 bits per heavy atom. The number of aryl methyl sites for hydroxylation is 2. The van der Waals surface area contributed by atoms with Crippen molar-refractivity contribution in [1.29, 1.82) is 0 Å². The van der Waals surface area contributed by atoms with Crippen molar-refractivity contribution in [2.24, 2.45) is 0 Å². The topological polar surface area (TPSA) is 80.6 Å². The van der Waals surface area contributed by atoms with Gasteiger partial charge < -0.3 is 9.15 Å². The van der Waals surface area contributed by atoms with Crippen molar-refractivity contribution in [3.05, 3.63) is 53.5 Å². The van der Waals surface area contributed by atoms with Crippen LogP contribution in [-0.2, 0) is 4.79 Å². The molecule has 6 nitrogen and oxygen atoms in total. The van der Waals surface area contributed by atoms with Crippen LogP contribution in [0, 0.1) is 13.8 Å². The number of ether oxygens (including phenoxy) is 1. The number of carbonyl (C=O) groups is 2. The Morgan fingerprint density at radius 2 is 2.00 bits per heavy atom. The third-order valence-corrected chi connectivity index (χ3v) is 2.78. The maximum Gasteiger partial charge on any atom is 0.276 e. The van der Waals surface area contributed by atoms with Gasteiger partial charge in [-0.25, -0.2) is 0 Å². The average Bonchev–Trinajstić information content (AvgIpc) is 2.89. The summed E-state index contributed by atoms with van der Waals surface area (Å²) in [5, 5.41) is 0. The molecule has 0 atom stereocenters. The van der Waals surface area contributed by atoms with Crippen molar-refractivity contribution in [3.63, 3.8) is 0 Å². The molecular weight excluding hydrogens is 272 g/mol. The molecule has 2 rings (SSSR count). The van der Waals surface area contributed by atoms with Gasteiger partial charge in [-0.2, -0.15) is 0 Å². The smallest absolute Gasteiger partial charge is 0.276 e. The molecule has 0 radical (unpaired) electrons. The summed E-state index contributed by atoms with van der Waals surface area (Å²) in [7, 11) is 0. The second-order valence-corrected chi connectivity index (χ2v) is 4.50. The first-order valence-corrected chi connectivity index (χ1v) is 6.39. The van der Waals surface area contributed by atoms with Crippen LogP contribution in [0.5, 0.6) is 5.75 Å². The maximum atomic E-state index is 11.7. The molecular formula is C15H16N2O4. The molecule has 0 aliphatic heterocycles. The lowest BCUT2D eigenvalue weighted by atomic mass is 10.2. The molecule has 2 aromatic rings. The second-order valence-electron chi connectivity index (χ2n) is 4.50. The third-order valence-electron chi connectivity index (χ3n) is 2.78. The highest BCUT2D eigenvalue weighted by atomic mass is 16.5. The number of amides is 2. The molecule has 2 amide bonds. The molecule has 110 valence electrons. The lowest BCUT2D eigenvalue weighted by Crippen LogP contribution is -2.43. The van der Waals surface area contributed by atoms with E-state index in [9.17, 15) is 9.59 Å². The molecule has 0 bridgehead atoms. The van der Waals surface area contributed by atoms with Gasteiger partial charge in [0.05, 0.1) is 11.8 Å². The Hall–Kier alpha value is -2.76. The molecule has 21 heavy (non-hydrogen) atoms. The van der Waals surface area contributed by atoms with Crippen LogP contribution < -0.4 is 15.6 Å². The fourth-order valence-electron chi connectivity index (χ4n) is 1.70. The number of rotatable bonds is 4. The molecule has 1 aromatic carbocycles. The van der Waals surface area contributed by atoms with Crippen LogP contribution in [0.1, 0.15) is 21.7 Å². The molecule has 0 spiro atoms. The minimum absolute atomic E-state index is 0.186. The van der Waals surface area contributed by atoms with E-state index in [0.29, 0.717) is 17.1 Å². The van der Waals surface area contributed by atoms with Crippen molar-refractivity contribution in [2.75, 3.05) is 6.61 Å². The van der Waals surface area contributed by atoms with Crippen LogP contribution in [0.4, 0.5) is 0 Å². The molecule has 0 aliphatic rings. The molecule has 1 aromatic heterocycles. The van der Waals surface area contributed by atoms with E-state index in [4.69, 9.17) is 9.15 Å². The number of hydrogen-bond acceptors (Lipinski definition) is 4. The summed E-state index contributed by atoms with van der Waals surface area (Å²) in [5.41, 5.74) is 5.98. The van der Waals surface area contributed by atoms with Crippen LogP contribution in [-0.4, -0.2) is 18.4 Å². The molecule has 0 aliphatic carbocycles. The standard InChI is InChI=1S/C15H16N2O4/c1-10-4-3-5-12(8-10)21-9-14(18)16-17-15(19)13-6-7-20-11(13)2/h3-8H,9H2,1-2H3,(H,16,18)(H,17,19). The van der Waals surface area contributed by atoms with Gasteiger partial charge in [0.2, 0.25) is 0 Å². The van der Waals surface area contributed by atoms with Gasteiger partial charge in [-0.3, -0.25) is 20.4 Å². The van der Waals surface area contributed by atoms with Gasteiger partial charge >= 0.3 is 0 Å². The van der Waals surface area contributed by atoms with Gasteiger partial charge in [-0.15, -0.1) is 0 Å². The first-order valence-electron chi connectivity index (χ1n) is 6.39. The minimum Gasteiger partial charge on any atom is -0.484 e. The zero-order chi connectivity index (χ0) is 15.2. The van der Waals surface area contributed by atoms with Gasteiger partial charge in [0, 0.05) is 0 Å². The second kappa shape index (κ2) is 6.60. The molecule has 0 saturated carbocycles. The fourth-order valence-corrected chi connectivity index (χ4v) is 1.70. The Labute approximate surface area is 122 Å². The first-order chi connectivity index (χ1) is 10.1. The number of furan rings is 1. The summed E-state index contributed by atoms with van der Waals surface area (Å²) in [6.07, 6.45) is 1.41. The SMILES string of the molecule is Cc1cccc(OCC(=O)NNC(=O)c2ccoc2C)c1. The van der Waals surface area contributed by atoms with Gasteiger partial charge in [0.15, 0.2) is 6.61 Å². The van der Waals surface area contributed by atoms with Crippen LogP contribution in [0.3, 0.4) is 0 Å². The lowest BCUT2D eigenvalue weighted by Gasteiger charge is -2.08. The quantitative estimate of drug-likeness (QED) is 0.840. The third kappa shape index (κ3) is 4.10. The minimum atomic E-state index is -0.453. The predicted molar refractivity (Wildman–Crippen MR) is 75.7 cm³/mol. The predicted octanol–water partition coefficient (Wildman–Crippen LogP) is 1.74. The highest BCUT2D eigenvalue weighted by Gasteiger charge is 2.12. The van der Waals surface area contributed by atoms with Crippen molar-refractivity contribution in [1.82, 2.24) is 10.9 Å². The van der Waals surface area contributed by atoms with E-state index in [1.54, 1.807) is 13.0 Å². The number of nitrogens with one attached hydrogen (secondary N) is 2. The summed E-state index contributed by atoms with van der Waals surface area (Å²) in [5.74, 6) is 0.191. The fraction of sp³-hybridized carbons (Fsp3) is 0.200. The Kier molecular flexibility index (Phi) is 4.61. The van der Waals surface area contributed by atoms with Gasteiger partial charge in [-0.05, 0) is 37.6 Å². The molecule has 6 heteroatoms. The largest absolute Gasteiger partial charge is 0.484 e. The van der Waals surface area contributed by atoms with Crippen molar-refractivity contribution < 1.29 is 18.7 Å². The zero-order valence-corrected chi connectivity index (χ0v) is 11.8. The number of hydrazine groups is 1. The highest BCUT2D eigenvalue weighted by molar-refractivity contribution is 5.96. The Bertz CT molecular complexity index is 649. The Balaban J connectivity index is 1.78. The molecule has 0 saturated heterocycles. The van der Waals surface area contributed by atoms with E-state index >= 15 is 0 Å². The van der Waals surface area contributed by atoms with Gasteiger partial charge in [-0.1, -0.05) is 12.1 Å². The maximum absolute atomic E-state index is 11.7. The average molecular weight is 288 g/mol. The number of hydrogen-bond donors (Lipinski definition) is 2. The summed E-state index contributed by atoms with van der Waals surface area (Å²) >= 11 is 0. The van der Waals surface area contributed by atoms with E-state index < -0.39 is 11.8 Å². The molecule has 2 N–H and O–H groups in total. The van der Waals surface area contributed by atoms with E-state index in [1.165, 1.54) is 12.3 Å². The van der Waals surface area contributed by atoms with E-state index in [2.05, 4.69) is 10.9 Å².